The van der Waals surface area contributed by atoms with Gasteiger partial charge in [-0.3, -0.25) is 0 Å². The Morgan fingerprint density at radius 2 is 1.58 bits per heavy atom. The summed E-state index contributed by atoms with van der Waals surface area (Å²) in [6.07, 6.45) is 0. The molecule has 2 aromatic rings. The molecule has 3 nitrogen and oxygen atoms in total. The van der Waals surface area contributed by atoms with E-state index in [0.717, 1.165) is 22.0 Å². The van der Waals surface area contributed by atoms with E-state index < -0.39 is 0 Å². The Balaban J connectivity index is 0.00000288. The van der Waals surface area contributed by atoms with Gasteiger partial charge in [0.2, 0.25) is 0 Å². The number of hydrogen-bond acceptors (Lipinski definition) is 3. The van der Waals surface area contributed by atoms with Gasteiger partial charge in [0, 0.05) is 11.6 Å². The first-order valence-electron chi connectivity index (χ1n) is 7.44. The van der Waals surface area contributed by atoms with Gasteiger partial charge in [0.1, 0.15) is 5.75 Å². The van der Waals surface area contributed by atoms with Gasteiger partial charge in [0.25, 0.3) is 0 Å². The molecule has 0 atom stereocenters. The minimum absolute atomic E-state index is 0. The first kappa shape index (κ1) is 20.8. The zero-order chi connectivity index (χ0) is 17.1. The van der Waals surface area contributed by atoms with Gasteiger partial charge in [-0.1, -0.05) is 12.1 Å². The zero-order valence-corrected chi connectivity index (χ0v) is 16.4. The number of benzene rings is 2. The van der Waals surface area contributed by atoms with Crippen molar-refractivity contribution in [1.82, 2.24) is 0 Å². The molecule has 2 aromatic carbocycles. The fourth-order valence-corrected chi connectivity index (χ4v) is 3.75. The van der Waals surface area contributed by atoms with Crippen LogP contribution in [0.2, 0.25) is 0 Å². The van der Waals surface area contributed by atoms with E-state index in [0.29, 0.717) is 20.1 Å². The Morgan fingerprint density at radius 3 is 2.17 bits per heavy atom. The summed E-state index contributed by atoms with van der Waals surface area (Å²) in [5.74, 6) is 1.38. The molecule has 0 fully saturated rings. The van der Waals surface area contributed by atoms with Crippen LogP contribution in [0.5, 0.6) is 11.5 Å². The largest absolute Gasteiger partial charge is 1.00 e. The van der Waals surface area contributed by atoms with E-state index in [1.807, 2.05) is 26.0 Å². The van der Waals surface area contributed by atoms with Gasteiger partial charge in [-0.2, -0.15) is 5.30 Å². The summed E-state index contributed by atoms with van der Waals surface area (Å²) in [6.45, 7) is 8.15. The second kappa shape index (κ2) is 8.72. The molecule has 5 heteroatoms. The molecular weight excluding hydrogens is 314 g/mol. The second-order valence-corrected chi connectivity index (χ2v) is 6.70. The summed E-state index contributed by atoms with van der Waals surface area (Å²) in [5, 5.41) is 0.843. The molecular formula is C19H22LiO3P. The quantitative estimate of drug-likeness (QED) is 0.611. The van der Waals surface area contributed by atoms with Crippen LogP contribution in [-0.4, -0.2) is 19.7 Å². The van der Waals surface area contributed by atoms with Crippen molar-refractivity contribution in [2.75, 3.05) is 14.2 Å². The standard InChI is InChI=1S/C19H22O3P.Li/c1-11-9-12(2)18(14(4)13(11)3)19(20)23-17-8-7-15(21-5)10-16(17)22-6;/h7-10H,1-6H3;/q-1;+1. The first-order valence-corrected chi connectivity index (χ1v) is 8.34. The number of carbonyl (C=O) groups is 1. The molecule has 0 amide bonds. The molecule has 24 heavy (non-hydrogen) atoms. The smallest absolute Gasteiger partial charge is 0.499 e. The molecule has 0 aliphatic rings. The van der Waals surface area contributed by atoms with Crippen LogP contribution in [0, 0.1) is 27.7 Å². The summed E-state index contributed by atoms with van der Waals surface area (Å²) in [5.41, 5.74) is 5.38. The van der Waals surface area contributed by atoms with Gasteiger partial charge in [-0.05, 0) is 61.6 Å². The number of methoxy groups -OCH3 is 2. The average molecular weight is 336 g/mol. The van der Waals surface area contributed by atoms with Gasteiger partial charge in [0.15, 0.2) is 0 Å². The maximum absolute atomic E-state index is 12.8. The molecule has 0 aliphatic heterocycles. The number of carbonyl (C=O) groups excluding carboxylic acids is 1. The third kappa shape index (κ3) is 4.22. The Kier molecular flexibility index (Phi) is 7.55. The van der Waals surface area contributed by atoms with E-state index in [1.165, 1.54) is 11.1 Å². The van der Waals surface area contributed by atoms with Gasteiger partial charge >= 0.3 is 18.9 Å². The topological polar surface area (TPSA) is 35.5 Å². The van der Waals surface area contributed by atoms with E-state index >= 15 is 0 Å². The summed E-state index contributed by atoms with van der Waals surface area (Å²) < 4.78 is 10.6. The third-order valence-corrected chi connectivity index (χ3v) is 5.22. The van der Waals surface area contributed by atoms with Crippen LogP contribution in [0.4, 0.5) is 0 Å². The van der Waals surface area contributed by atoms with Crippen LogP contribution < -0.4 is 33.6 Å². The van der Waals surface area contributed by atoms with Crippen LogP contribution in [-0.2, 0) is 0 Å². The monoisotopic (exact) mass is 336 g/mol. The van der Waals surface area contributed by atoms with E-state index in [1.54, 1.807) is 20.3 Å². The van der Waals surface area contributed by atoms with Gasteiger partial charge in [0.05, 0.1) is 20.0 Å². The predicted molar refractivity (Wildman–Crippen MR) is 95.8 cm³/mol. The summed E-state index contributed by atoms with van der Waals surface area (Å²) in [7, 11) is 3.82. The predicted octanol–water partition coefficient (Wildman–Crippen LogP) is 1.35. The molecule has 0 unspecified atom stereocenters. The molecule has 0 heterocycles. The van der Waals surface area contributed by atoms with Crippen LogP contribution in [0.15, 0.2) is 24.3 Å². The van der Waals surface area contributed by atoms with E-state index in [9.17, 15) is 4.79 Å². The van der Waals surface area contributed by atoms with Gasteiger partial charge in [-0.25, -0.2) is 0 Å². The minimum atomic E-state index is 0. The van der Waals surface area contributed by atoms with Crippen molar-refractivity contribution in [1.29, 1.82) is 0 Å². The Labute approximate surface area is 158 Å². The van der Waals surface area contributed by atoms with Crippen LogP contribution in [0.3, 0.4) is 0 Å². The molecule has 0 N–H and O–H groups in total. The fraction of sp³-hybridized carbons (Fsp3) is 0.316. The minimum Gasteiger partial charge on any atom is -0.499 e. The number of aryl methyl sites for hydroxylation is 2. The SMILES string of the molecule is COc1ccc([P-]C(=O)c2c(C)cc(C)c(C)c2C)c(OC)c1.[Li+]. The second-order valence-electron chi connectivity index (χ2n) is 5.59. The van der Waals surface area contributed by atoms with Crippen LogP contribution in [0.25, 0.3) is 0 Å². The molecule has 122 valence electrons. The normalized spacial score (nSPS) is 10.6. The van der Waals surface area contributed by atoms with Gasteiger partial charge < -0.3 is 22.8 Å². The Morgan fingerprint density at radius 1 is 0.917 bits per heavy atom. The molecule has 0 saturated carbocycles. The average Bonchev–Trinajstić information content (AvgIpc) is 2.53. The van der Waals surface area contributed by atoms with E-state index in [-0.39, 0.29) is 24.4 Å². The van der Waals surface area contributed by atoms with E-state index in [2.05, 4.69) is 19.9 Å². The summed E-state index contributed by atoms with van der Waals surface area (Å²) in [6, 6.07) is 7.60. The van der Waals surface area contributed by atoms with Crippen molar-refractivity contribution in [3.63, 3.8) is 0 Å². The fourth-order valence-electron chi connectivity index (χ4n) is 2.66. The molecule has 0 saturated heterocycles. The summed E-state index contributed by atoms with van der Waals surface area (Å²) >= 11 is 0. The van der Waals surface area contributed by atoms with Crippen molar-refractivity contribution in [3.05, 3.63) is 52.1 Å². The maximum atomic E-state index is 12.8. The third-order valence-electron chi connectivity index (χ3n) is 4.18. The van der Waals surface area contributed by atoms with E-state index in [4.69, 9.17) is 9.47 Å². The van der Waals surface area contributed by atoms with Crippen LogP contribution >= 0.6 is 8.58 Å². The zero-order valence-electron chi connectivity index (χ0n) is 15.5. The first-order chi connectivity index (χ1) is 10.9. The molecule has 0 spiro atoms. The van der Waals surface area contributed by atoms with Crippen molar-refractivity contribution in [2.45, 2.75) is 27.7 Å². The van der Waals surface area contributed by atoms with Gasteiger partial charge in [-0.15, -0.1) is 0 Å². The number of hydrogen-bond donors (Lipinski definition) is 0. The molecule has 0 aliphatic carbocycles. The van der Waals surface area contributed by atoms with Crippen molar-refractivity contribution >= 4 is 19.4 Å². The van der Waals surface area contributed by atoms with Crippen molar-refractivity contribution in [2.24, 2.45) is 0 Å². The molecule has 0 radical (unpaired) electrons. The molecule has 0 aromatic heterocycles. The number of ether oxygens (including phenoxy) is 2. The van der Waals surface area contributed by atoms with Crippen molar-refractivity contribution in [3.8, 4) is 11.5 Å². The Bertz CT molecular complexity index is 757. The Hall–Kier alpha value is -1.26. The maximum Gasteiger partial charge on any atom is 1.00 e. The molecule has 2 rings (SSSR count). The van der Waals surface area contributed by atoms with Crippen molar-refractivity contribution < 1.29 is 33.1 Å². The molecule has 0 bridgehead atoms. The summed E-state index contributed by atoms with van der Waals surface area (Å²) in [4.78, 5) is 12.8. The number of rotatable bonds is 5. The van der Waals surface area contributed by atoms with Crippen LogP contribution in [0.1, 0.15) is 32.6 Å².